The summed E-state index contributed by atoms with van der Waals surface area (Å²) in [4.78, 5) is 51.7. The molecule has 0 saturated carbocycles. The van der Waals surface area contributed by atoms with Gasteiger partial charge in [-0.1, -0.05) is 35.9 Å². The third kappa shape index (κ3) is 9.42. The van der Waals surface area contributed by atoms with Gasteiger partial charge < -0.3 is 20.4 Å². The van der Waals surface area contributed by atoms with Crippen molar-refractivity contribution in [1.82, 2.24) is 9.96 Å². The Balaban J connectivity index is 1.40. The molecule has 4 rings (SSSR count). The molecule has 2 aromatic carbocycles. The minimum absolute atomic E-state index is 0.0292. The molecule has 1 fully saturated rings. The summed E-state index contributed by atoms with van der Waals surface area (Å²) in [6, 6.07) is 12.4. The normalized spacial score (nSPS) is 15.7. The number of aliphatic carboxylic acids is 1. The highest BCUT2D eigenvalue weighted by molar-refractivity contribution is 6.32. The predicted molar refractivity (Wildman–Crippen MR) is 161 cm³/mol. The summed E-state index contributed by atoms with van der Waals surface area (Å²) in [5.74, 6) is 2.98. The first-order valence-electron chi connectivity index (χ1n) is 13.6. The predicted octanol–water partition coefficient (Wildman–Crippen LogP) is 3.82. The molecule has 43 heavy (non-hydrogen) atoms. The van der Waals surface area contributed by atoms with Crippen LogP contribution in [0.2, 0.25) is 5.02 Å². The molecule has 222 valence electrons. The second-order valence-electron chi connectivity index (χ2n) is 9.78. The lowest BCUT2D eigenvalue weighted by atomic mass is 10.0. The maximum absolute atomic E-state index is 13.0. The summed E-state index contributed by atoms with van der Waals surface area (Å²) in [5, 5.41) is 23.2. The Morgan fingerprint density at radius 2 is 1.86 bits per heavy atom. The number of phenolic OH excluding ortho intramolecular Hbond substituents is 1. The first kappa shape index (κ1) is 31.3. The molecule has 1 atom stereocenters. The monoisotopic (exact) mass is 603 g/mol. The molecule has 0 aliphatic carbocycles. The Morgan fingerprint density at radius 3 is 2.60 bits per heavy atom. The second-order valence-corrected chi connectivity index (χ2v) is 10.2. The number of para-hydroxylation sites is 1. The van der Waals surface area contributed by atoms with Crippen LogP contribution >= 0.6 is 11.6 Å². The van der Waals surface area contributed by atoms with E-state index in [0.29, 0.717) is 38.0 Å². The highest BCUT2D eigenvalue weighted by Crippen LogP contribution is 2.27. The number of aliphatic imine (C=N–C) groups is 2. The lowest BCUT2D eigenvalue weighted by Gasteiger charge is -2.38. The van der Waals surface area contributed by atoms with Gasteiger partial charge in [-0.2, -0.15) is 10.1 Å². The van der Waals surface area contributed by atoms with E-state index in [0.717, 1.165) is 17.7 Å². The lowest BCUT2D eigenvalue weighted by molar-refractivity contribution is -0.208. The van der Waals surface area contributed by atoms with Gasteiger partial charge in [0.15, 0.2) is 6.10 Å². The fraction of sp³-hybridized carbons (Fsp3) is 0.323. The van der Waals surface area contributed by atoms with E-state index in [1.807, 2.05) is 29.2 Å². The van der Waals surface area contributed by atoms with Crippen molar-refractivity contribution < 1.29 is 29.4 Å². The summed E-state index contributed by atoms with van der Waals surface area (Å²) in [6.07, 6.45) is 3.95. The van der Waals surface area contributed by atoms with Crippen LogP contribution in [0.3, 0.4) is 0 Å². The van der Waals surface area contributed by atoms with Crippen LogP contribution in [-0.4, -0.2) is 88.1 Å². The summed E-state index contributed by atoms with van der Waals surface area (Å²) < 4.78 is 0. The van der Waals surface area contributed by atoms with Crippen LogP contribution < -0.4 is 5.32 Å². The van der Waals surface area contributed by atoms with Gasteiger partial charge in [0.05, 0.1) is 5.02 Å². The topological polar surface area (TPSA) is 144 Å². The van der Waals surface area contributed by atoms with Crippen LogP contribution in [0.15, 0.2) is 76.1 Å². The number of amides is 3. The summed E-state index contributed by atoms with van der Waals surface area (Å²) in [6.45, 7) is 1.21. The average Bonchev–Trinajstić information content (AvgIpc) is 3.16. The Kier molecular flexibility index (Phi) is 11.3. The average molecular weight is 604 g/mol. The molecule has 0 unspecified atom stereocenters. The number of fused-ring (bicyclic) bond motifs is 1. The smallest absolute Gasteiger partial charge is 0.326 e. The number of carbonyl (C=O) groups excluding carboxylic acids is 2. The van der Waals surface area contributed by atoms with Crippen molar-refractivity contribution in [2.24, 2.45) is 9.98 Å². The van der Waals surface area contributed by atoms with E-state index < -0.39 is 24.5 Å². The summed E-state index contributed by atoms with van der Waals surface area (Å²) >= 11 is 6.07. The van der Waals surface area contributed by atoms with Crippen LogP contribution in [0.25, 0.3) is 0 Å². The molecule has 12 heteroatoms. The van der Waals surface area contributed by atoms with Gasteiger partial charge in [-0.25, -0.2) is 9.79 Å². The fourth-order valence-corrected chi connectivity index (χ4v) is 4.91. The first-order chi connectivity index (χ1) is 20.8. The number of hydrogen-bond acceptors (Lipinski definition) is 7. The van der Waals surface area contributed by atoms with E-state index in [2.05, 4.69) is 38.5 Å². The number of benzene rings is 2. The van der Waals surface area contributed by atoms with Crippen LogP contribution in [0.1, 0.15) is 24.0 Å². The number of allylic oxidation sites excluding steroid dienone is 2. The summed E-state index contributed by atoms with van der Waals surface area (Å²) in [5.41, 5.74) is 7.69. The maximum Gasteiger partial charge on any atom is 0.326 e. The van der Waals surface area contributed by atoms with Gasteiger partial charge in [-0.3, -0.25) is 14.4 Å². The maximum atomic E-state index is 13.0. The molecule has 2 aromatic rings. The van der Waals surface area contributed by atoms with Gasteiger partial charge >= 0.3 is 12.0 Å². The number of rotatable bonds is 9. The zero-order valence-corrected chi connectivity index (χ0v) is 24.0. The molecular formula is C31H30ClN5O6. The number of aromatic hydroxyl groups is 1. The number of urea groups is 1. The van der Waals surface area contributed by atoms with Gasteiger partial charge in [-0.15, -0.1) is 0 Å². The van der Waals surface area contributed by atoms with E-state index in [1.165, 1.54) is 18.2 Å². The number of nitrogens with zero attached hydrogens (tertiary/aromatic N) is 4. The quantitative estimate of drug-likeness (QED) is 0.225. The number of carboxylic acids is 1. The van der Waals surface area contributed by atoms with Crippen molar-refractivity contribution in [1.29, 1.82) is 0 Å². The van der Waals surface area contributed by atoms with Crippen molar-refractivity contribution >= 4 is 46.9 Å². The largest absolute Gasteiger partial charge is 0.506 e. The number of hydroxylamine groups is 2. The third-order valence-corrected chi connectivity index (χ3v) is 7.13. The number of carboxylic acid groups (broad SMARTS) is 1. The Bertz CT molecular complexity index is 1560. The van der Waals surface area contributed by atoms with Crippen molar-refractivity contribution in [3.63, 3.8) is 0 Å². The number of phenols is 1. The molecular weight excluding hydrogens is 574 g/mol. The van der Waals surface area contributed by atoms with Gasteiger partial charge in [0.25, 0.3) is 5.91 Å². The van der Waals surface area contributed by atoms with Gasteiger partial charge in [0.1, 0.15) is 12.3 Å². The van der Waals surface area contributed by atoms with Crippen molar-refractivity contribution in [2.45, 2.75) is 37.8 Å². The molecule has 0 radical (unpaired) electrons. The number of piperidine rings is 1. The van der Waals surface area contributed by atoms with Gasteiger partial charge in [-0.05, 0) is 72.2 Å². The number of halogens is 1. The van der Waals surface area contributed by atoms with Crippen LogP contribution in [0.4, 0.5) is 10.5 Å². The van der Waals surface area contributed by atoms with Crippen LogP contribution in [0.5, 0.6) is 5.75 Å². The second kappa shape index (κ2) is 15.5. The minimum atomic E-state index is -1.08. The molecule has 0 bridgehead atoms. The summed E-state index contributed by atoms with van der Waals surface area (Å²) in [7, 11) is 0. The number of carbonyl (C=O) groups is 3. The van der Waals surface area contributed by atoms with Crippen molar-refractivity contribution in [3.8, 4) is 5.75 Å². The van der Waals surface area contributed by atoms with E-state index in [9.17, 15) is 19.5 Å². The highest BCUT2D eigenvalue weighted by Gasteiger charge is 2.32. The molecule has 11 nitrogen and oxygen atoms in total. The van der Waals surface area contributed by atoms with Crippen LogP contribution in [-0.2, 0) is 27.3 Å². The third-order valence-electron chi connectivity index (χ3n) is 6.83. The zero-order chi connectivity index (χ0) is 30.6. The molecule has 0 spiro atoms. The molecule has 0 aromatic heterocycles. The van der Waals surface area contributed by atoms with E-state index in [-0.39, 0.29) is 29.3 Å². The number of hydrogen-bond donors (Lipinski definition) is 3. The Labute approximate surface area is 253 Å². The number of anilines is 1. The molecule has 2 heterocycles. The fourth-order valence-electron chi connectivity index (χ4n) is 4.71. The molecule has 1 saturated heterocycles. The van der Waals surface area contributed by atoms with Gasteiger partial charge in [0, 0.05) is 49.5 Å². The first-order valence-corrected chi connectivity index (χ1v) is 14.0. The van der Waals surface area contributed by atoms with E-state index in [1.54, 1.807) is 17.2 Å². The Morgan fingerprint density at radius 1 is 1.12 bits per heavy atom. The molecule has 3 amide bonds. The standard InChI is InChI=1S/C31H30ClN5O6/c32-25-19-22(9-10-27(25)38)20-28(30(41)34-15-6-2-1-5-14-33-21-29(39)40)43-36-16-12-24(13-17-36)37-18-11-23-7-3-4-8-26(23)35-31(37)42/h1-4,7-10,19,24,28,38H,11-13,16-18,20-21H2,(H,35,42)(H,39,40)/t28-/m1/s1. The molecule has 2 aliphatic heterocycles. The van der Waals surface area contributed by atoms with Crippen molar-refractivity contribution in [2.75, 3.05) is 31.5 Å². The lowest BCUT2D eigenvalue weighted by Crippen LogP contribution is -2.49. The molecule has 2 aliphatic rings. The van der Waals surface area contributed by atoms with E-state index in [4.69, 9.17) is 21.5 Å². The van der Waals surface area contributed by atoms with Crippen LogP contribution in [0, 0.1) is 0 Å². The zero-order valence-electron chi connectivity index (χ0n) is 23.2. The van der Waals surface area contributed by atoms with Crippen molar-refractivity contribution in [3.05, 3.63) is 82.2 Å². The highest BCUT2D eigenvalue weighted by atomic mass is 35.5. The van der Waals surface area contributed by atoms with Gasteiger partial charge in [0.2, 0.25) is 0 Å². The Hall–Kier alpha value is -4.68. The molecule has 3 N–H and O–H groups in total. The minimum Gasteiger partial charge on any atom is -0.506 e. The number of nitrogens with one attached hydrogen (secondary N) is 1. The van der Waals surface area contributed by atoms with E-state index >= 15 is 0 Å². The SMILES string of the molecule is O=C(O)CN=C=C=CC=C=C=NC(=O)[C@@H](Cc1ccc(O)c(Cl)c1)ON1CCC(N2CCc3ccccc3NC2=O)CC1.